The van der Waals surface area contributed by atoms with Crippen molar-refractivity contribution in [1.29, 1.82) is 0 Å². The van der Waals surface area contributed by atoms with Crippen LogP contribution in [-0.4, -0.2) is 26.4 Å². The number of phenols is 1. The molecule has 5 nitrogen and oxygen atoms in total. The molecule has 0 saturated heterocycles. The van der Waals surface area contributed by atoms with Crippen LogP contribution in [0.15, 0.2) is 30.5 Å². The molecule has 0 saturated carbocycles. The first-order chi connectivity index (χ1) is 8.66. The van der Waals surface area contributed by atoms with Crippen molar-refractivity contribution in [3.05, 3.63) is 36.0 Å². The van der Waals surface area contributed by atoms with E-state index in [1.165, 1.54) is 17.5 Å². The molecule has 0 bridgehead atoms. The predicted molar refractivity (Wildman–Crippen MR) is 68.0 cm³/mol. The van der Waals surface area contributed by atoms with Gasteiger partial charge in [0.15, 0.2) is 0 Å². The minimum absolute atomic E-state index is 0.126. The van der Waals surface area contributed by atoms with Crippen LogP contribution in [0, 0.1) is 0 Å². The van der Waals surface area contributed by atoms with Gasteiger partial charge in [-0.3, -0.25) is 5.10 Å². The summed E-state index contributed by atoms with van der Waals surface area (Å²) in [5.41, 5.74) is 0.587. The summed E-state index contributed by atoms with van der Waals surface area (Å²) in [5, 5.41) is 26.1. The highest BCUT2D eigenvalue weighted by molar-refractivity contribution is 7.22. The van der Waals surface area contributed by atoms with Crippen molar-refractivity contribution < 1.29 is 15.0 Å². The van der Waals surface area contributed by atoms with E-state index < -0.39 is 5.97 Å². The van der Waals surface area contributed by atoms with E-state index in [-0.39, 0.29) is 11.3 Å². The van der Waals surface area contributed by atoms with E-state index in [9.17, 15) is 9.90 Å². The van der Waals surface area contributed by atoms with Crippen LogP contribution < -0.4 is 0 Å². The second-order valence-corrected chi connectivity index (χ2v) is 4.82. The Morgan fingerprint density at radius 1 is 1.39 bits per heavy atom. The van der Waals surface area contributed by atoms with Crippen molar-refractivity contribution in [1.82, 2.24) is 10.2 Å². The summed E-state index contributed by atoms with van der Waals surface area (Å²) in [4.78, 5) is 11.8. The van der Waals surface area contributed by atoms with E-state index in [1.807, 2.05) is 12.1 Å². The van der Waals surface area contributed by atoms with Crippen LogP contribution in [0.3, 0.4) is 0 Å². The summed E-state index contributed by atoms with van der Waals surface area (Å²) in [6, 6.07) is 7.05. The fourth-order valence-electron chi connectivity index (χ4n) is 1.81. The molecule has 0 unspecified atom stereocenters. The lowest BCUT2D eigenvalue weighted by atomic mass is 10.2. The number of aromatic nitrogens is 2. The smallest absolute Gasteiger partial charge is 0.339 e. The molecule has 0 aliphatic carbocycles. The van der Waals surface area contributed by atoms with Crippen molar-refractivity contribution >= 4 is 27.4 Å². The number of H-pyrrole nitrogens is 1. The zero-order valence-electron chi connectivity index (χ0n) is 9.04. The number of hydrogen-bond donors (Lipinski definition) is 3. The van der Waals surface area contributed by atoms with Gasteiger partial charge in [0.2, 0.25) is 0 Å². The lowest BCUT2D eigenvalue weighted by Crippen LogP contribution is -1.95. The van der Waals surface area contributed by atoms with Crippen LogP contribution in [0.1, 0.15) is 10.4 Å². The van der Waals surface area contributed by atoms with Crippen LogP contribution in [0.2, 0.25) is 0 Å². The minimum atomic E-state index is -1.03. The molecule has 0 aliphatic rings. The molecule has 0 fully saturated rings. The number of rotatable bonds is 2. The van der Waals surface area contributed by atoms with Crippen LogP contribution in [0.5, 0.6) is 5.75 Å². The summed E-state index contributed by atoms with van der Waals surface area (Å²) < 4.78 is 0.735. The molecule has 0 aliphatic heterocycles. The van der Waals surface area contributed by atoms with Crippen LogP contribution in [0.25, 0.3) is 20.7 Å². The number of thiophene rings is 1. The van der Waals surface area contributed by atoms with E-state index in [2.05, 4.69) is 10.2 Å². The molecule has 0 spiro atoms. The average molecular weight is 260 g/mol. The monoisotopic (exact) mass is 260 g/mol. The molecule has 3 aromatic rings. The molecule has 0 atom stereocenters. The lowest BCUT2D eigenvalue weighted by molar-refractivity contribution is 0.0698. The number of carbonyl (C=O) groups is 1. The van der Waals surface area contributed by atoms with E-state index in [1.54, 1.807) is 12.1 Å². The maximum Gasteiger partial charge on any atom is 0.339 e. The number of benzene rings is 1. The summed E-state index contributed by atoms with van der Waals surface area (Å²) in [5.74, 6) is -0.833. The first-order valence-electron chi connectivity index (χ1n) is 5.15. The minimum Gasteiger partial charge on any atom is -0.506 e. The largest absolute Gasteiger partial charge is 0.506 e. The molecule has 0 radical (unpaired) electrons. The zero-order valence-corrected chi connectivity index (χ0v) is 9.86. The topological polar surface area (TPSA) is 86.2 Å². The van der Waals surface area contributed by atoms with E-state index in [4.69, 9.17) is 5.11 Å². The predicted octanol–water partition coefficient (Wildman–Crippen LogP) is 2.70. The fourth-order valence-corrected chi connectivity index (χ4v) is 2.89. The van der Waals surface area contributed by atoms with Gasteiger partial charge in [0.05, 0.1) is 21.5 Å². The third kappa shape index (κ3) is 1.54. The normalized spacial score (nSPS) is 10.9. The second kappa shape index (κ2) is 3.85. The Labute approximate surface area is 105 Å². The van der Waals surface area contributed by atoms with Gasteiger partial charge in [-0.25, -0.2) is 4.79 Å². The molecule has 3 rings (SSSR count). The SMILES string of the molecule is O=C(O)c1cn[nH]c1-c1cc2cccc(O)c2s1. The molecule has 0 amide bonds. The van der Waals surface area contributed by atoms with Gasteiger partial charge in [-0.05, 0) is 17.5 Å². The number of aromatic hydroxyl groups is 1. The van der Waals surface area contributed by atoms with E-state index >= 15 is 0 Å². The molecule has 90 valence electrons. The number of aromatic carboxylic acids is 1. The quantitative estimate of drug-likeness (QED) is 0.661. The van der Waals surface area contributed by atoms with Crippen molar-refractivity contribution in [3.8, 4) is 16.3 Å². The maximum absolute atomic E-state index is 11.0. The Hall–Kier alpha value is -2.34. The Bertz CT molecular complexity index is 745. The number of fused-ring (bicyclic) bond motifs is 1. The summed E-state index contributed by atoms with van der Waals surface area (Å²) in [6.07, 6.45) is 1.28. The van der Waals surface area contributed by atoms with Crippen LogP contribution in [0.4, 0.5) is 0 Å². The maximum atomic E-state index is 11.0. The van der Waals surface area contributed by atoms with E-state index in [0.29, 0.717) is 5.69 Å². The Balaban J connectivity index is 2.23. The third-order valence-electron chi connectivity index (χ3n) is 2.64. The Morgan fingerprint density at radius 2 is 2.22 bits per heavy atom. The first kappa shape index (κ1) is 10.8. The highest BCUT2D eigenvalue weighted by atomic mass is 32.1. The van der Waals surface area contributed by atoms with Gasteiger partial charge >= 0.3 is 5.97 Å². The number of carboxylic acids is 1. The lowest BCUT2D eigenvalue weighted by Gasteiger charge is -1.93. The number of phenolic OH excluding ortho intramolecular Hbond substituents is 1. The fraction of sp³-hybridized carbons (Fsp3) is 0. The van der Waals surface area contributed by atoms with E-state index in [0.717, 1.165) is 15.0 Å². The molecule has 1 aromatic carbocycles. The highest BCUT2D eigenvalue weighted by Gasteiger charge is 2.16. The molecule has 2 aromatic heterocycles. The molecule has 18 heavy (non-hydrogen) atoms. The van der Waals surface area contributed by atoms with Crippen molar-refractivity contribution in [2.45, 2.75) is 0 Å². The number of nitrogens with one attached hydrogen (secondary N) is 1. The van der Waals surface area contributed by atoms with Crippen LogP contribution >= 0.6 is 11.3 Å². The molecule has 6 heteroatoms. The summed E-state index contributed by atoms with van der Waals surface area (Å²) in [6.45, 7) is 0. The molecule has 2 heterocycles. The summed E-state index contributed by atoms with van der Waals surface area (Å²) >= 11 is 1.33. The second-order valence-electron chi connectivity index (χ2n) is 3.77. The van der Waals surface area contributed by atoms with Gasteiger partial charge < -0.3 is 10.2 Å². The van der Waals surface area contributed by atoms with Crippen LogP contribution in [-0.2, 0) is 0 Å². The van der Waals surface area contributed by atoms with Crippen molar-refractivity contribution in [2.24, 2.45) is 0 Å². The zero-order chi connectivity index (χ0) is 12.7. The molecular weight excluding hydrogens is 252 g/mol. The first-order valence-corrected chi connectivity index (χ1v) is 5.97. The van der Waals surface area contributed by atoms with Crippen molar-refractivity contribution in [2.75, 3.05) is 0 Å². The molecular formula is C12H8N2O3S. The van der Waals surface area contributed by atoms with Gasteiger partial charge in [-0.2, -0.15) is 5.10 Å². The van der Waals surface area contributed by atoms with Gasteiger partial charge in [-0.15, -0.1) is 11.3 Å². The Kier molecular flexibility index (Phi) is 2.31. The number of aromatic amines is 1. The van der Waals surface area contributed by atoms with Gasteiger partial charge in [0, 0.05) is 0 Å². The average Bonchev–Trinajstić information content (AvgIpc) is 2.95. The van der Waals surface area contributed by atoms with Crippen molar-refractivity contribution in [3.63, 3.8) is 0 Å². The number of hydrogen-bond acceptors (Lipinski definition) is 4. The summed E-state index contributed by atoms with van der Waals surface area (Å²) in [7, 11) is 0. The highest BCUT2D eigenvalue weighted by Crippen LogP contribution is 2.38. The number of nitrogens with zero attached hydrogens (tertiary/aromatic N) is 1. The van der Waals surface area contributed by atoms with Gasteiger partial charge in [-0.1, -0.05) is 12.1 Å². The van der Waals surface area contributed by atoms with Gasteiger partial charge in [0.1, 0.15) is 11.3 Å². The Morgan fingerprint density at radius 3 is 2.94 bits per heavy atom. The standard InChI is InChI=1S/C12H8N2O3S/c15-8-3-1-2-6-4-9(18-11(6)8)10-7(12(16)17)5-13-14-10/h1-5,15H,(H,13,14)(H,16,17). The number of carboxylic acid groups (broad SMARTS) is 1. The molecule has 3 N–H and O–H groups in total. The third-order valence-corrected chi connectivity index (χ3v) is 3.83. The van der Waals surface area contributed by atoms with Gasteiger partial charge in [0.25, 0.3) is 0 Å².